The monoisotopic (exact) mass is 258 g/mol. The second kappa shape index (κ2) is 7.07. The Morgan fingerprint density at radius 1 is 1.61 bits per heavy atom. The molecule has 5 heteroatoms. The molecule has 1 rings (SSSR count). The Hall–Kier alpha value is -0.650. The number of hydrogen-bond acceptors (Lipinski definition) is 4. The van der Waals surface area contributed by atoms with Crippen LogP contribution in [0.4, 0.5) is 0 Å². The fourth-order valence-corrected chi connectivity index (χ4v) is 2.70. The summed E-state index contributed by atoms with van der Waals surface area (Å²) in [6.07, 6.45) is 2.30. The number of nitrogens with zero attached hydrogens (tertiary/aromatic N) is 1. The third-order valence-electron chi connectivity index (χ3n) is 3.58. The van der Waals surface area contributed by atoms with Crippen LogP contribution in [0.5, 0.6) is 0 Å². The first-order chi connectivity index (χ1) is 8.51. The molecule has 18 heavy (non-hydrogen) atoms. The molecule has 1 fully saturated rings. The van der Waals surface area contributed by atoms with Gasteiger partial charge in [0.2, 0.25) is 0 Å². The highest BCUT2D eigenvalue weighted by Crippen LogP contribution is 2.19. The van der Waals surface area contributed by atoms with Gasteiger partial charge in [0, 0.05) is 20.2 Å². The van der Waals surface area contributed by atoms with Crippen LogP contribution in [-0.2, 0) is 9.53 Å². The van der Waals surface area contributed by atoms with Gasteiger partial charge in [-0.2, -0.15) is 0 Å². The molecule has 0 bridgehead atoms. The molecule has 2 N–H and O–H groups in total. The van der Waals surface area contributed by atoms with Crippen molar-refractivity contribution in [1.29, 1.82) is 0 Å². The first-order valence-electron chi connectivity index (χ1n) is 6.71. The number of likely N-dealkylation sites (N-methyl/N-ethyl adjacent to an activating group) is 1. The first-order valence-corrected chi connectivity index (χ1v) is 6.71. The molecule has 0 spiro atoms. The second-order valence-corrected chi connectivity index (χ2v) is 5.37. The second-order valence-electron chi connectivity index (χ2n) is 5.37. The molecule has 1 aliphatic heterocycles. The van der Waals surface area contributed by atoms with Gasteiger partial charge in [0.05, 0.1) is 6.61 Å². The molecule has 106 valence electrons. The maximum atomic E-state index is 11.4. The summed E-state index contributed by atoms with van der Waals surface area (Å²) < 4.78 is 5.20. The predicted molar refractivity (Wildman–Crippen MR) is 70.8 cm³/mol. The van der Waals surface area contributed by atoms with Crippen molar-refractivity contribution in [2.75, 3.05) is 39.9 Å². The maximum Gasteiger partial charge on any atom is 0.324 e. The van der Waals surface area contributed by atoms with Crippen molar-refractivity contribution in [3.05, 3.63) is 0 Å². The van der Waals surface area contributed by atoms with Crippen molar-refractivity contribution in [3.8, 4) is 0 Å². The Kier molecular flexibility index (Phi) is 6.05. The number of hydrogen-bond donors (Lipinski definition) is 2. The van der Waals surface area contributed by atoms with Crippen molar-refractivity contribution in [3.63, 3.8) is 0 Å². The lowest BCUT2D eigenvalue weighted by Gasteiger charge is -2.37. The van der Waals surface area contributed by atoms with Crippen LogP contribution in [-0.4, -0.2) is 61.4 Å². The lowest BCUT2D eigenvalue weighted by Crippen LogP contribution is -2.58. The van der Waals surface area contributed by atoms with Crippen molar-refractivity contribution in [2.45, 2.75) is 32.2 Å². The summed E-state index contributed by atoms with van der Waals surface area (Å²) in [5.41, 5.74) is -0.857. The van der Waals surface area contributed by atoms with Gasteiger partial charge in [0.15, 0.2) is 0 Å². The van der Waals surface area contributed by atoms with Gasteiger partial charge in [-0.3, -0.25) is 4.79 Å². The quantitative estimate of drug-likeness (QED) is 0.707. The smallest absolute Gasteiger partial charge is 0.324 e. The zero-order chi connectivity index (χ0) is 13.6. The van der Waals surface area contributed by atoms with Crippen LogP contribution >= 0.6 is 0 Å². The minimum absolute atomic E-state index is 0.531. The fourth-order valence-electron chi connectivity index (χ4n) is 2.70. The van der Waals surface area contributed by atoms with Crippen LogP contribution in [0.3, 0.4) is 0 Å². The topological polar surface area (TPSA) is 61.8 Å². The SMILES string of the molecule is CCNC(C)(CN1CCCC(COC)C1)C(=O)O. The van der Waals surface area contributed by atoms with E-state index < -0.39 is 11.5 Å². The minimum atomic E-state index is -0.857. The standard InChI is InChI=1S/C13H26N2O3/c1-4-14-13(2,12(16)17)10-15-7-5-6-11(8-15)9-18-3/h11,14H,4-10H2,1-3H3,(H,16,17). The van der Waals surface area contributed by atoms with E-state index in [1.165, 1.54) is 6.42 Å². The largest absolute Gasteiger partial charge is 0.480 e. The average Bonchev–Trinajstić information content (AvgIpc) is 2.30. The number of rotatable bonds is 7. The summed E-state index contributed by atoms with van der Waals surface area (Å²) in [5, 5.41) is 12.4. The molecular weight excluding hydrogens is 232 g/mol. The number of methoxy groups -OCH3 is 1. The van der Waals surface area contributed by atoms with E-state index in [9.17, 15) is 9.90 Å². The van der Waals surface area contributed by atoms with Crippen molar-refractivity contribution in [2.24, 2.45) is 5.92 Å². The first kappa shape index (κ1) is 15.4. The average molecular weight is 258 g/mol. The zero-order valence-electron chi connectivity index (χ0n) is 11.7. The van der Waals surface area contributed by atoms with E-state index in [1.54, 1.807) is 14.0 Å². The van der Waals surface area contributed by atoms with Crippen molar-refractivity contribution >= 4 is 5.97 Å². The Labute approximate surface area is 109 Å². The van der Waals surface area contributed by atoms with Gasteiger partial charge in [0.1, 0.15) is 5.54 Å². The summed E-state index contributed by atoms with van der Waals surface area (Å²) in [6, 6.07) is 0. The van der Waals surface area contributed by atoms with E-state index in [1.807, 2.05) is 6.92 Å². The van der Waals surface area contributed by atoms with Gasteiger partial charge in [0.25, 0.3) is 0 Å². The van der Waals surface area contributed by atoms with Gasteiger partial charge in [-0.1, -0.05) is 6.92 Å². The minimum Gasteiger partial charge on any atom is -0.480 e. The van der Waals surface area contributed by atoms with Crippen LogP contribution in [0.15, 0.2) is 0 Å². The van der Waals surface area contributed by atoms with Crippen LogP contribution < -0.4 is 5.32 Å². The van der Waals surface area contributed by atoms with Crippen LogP contribution in [0.1, 0.15) is 26.7 Å². The van der Waals surface area contributed by atoms with Gasteiger partial charge in [-0.25, -0.2) is 0 Å². The van der Waals surface area contributed by atoms with Gasteiger partial charge in [-0.05, 0) is 38.8 Å². The molecule has 0 aromatic heterocycles. The van der Waals surface area contributed by atoms with Gasteiger partial charge in [-0.15, -0.1) is 0 Å². The Balaban J connectivity index is 2.55. The maximum absolute atomic E-state index is 11.4. The molecule has 1 heterocycles. The van der Waals surface area contributed by atoms with E-state index in [-0.39, 0.29) is 0 Å². The van der Waals surface area contributed by atoms with E-state index >= 15 is 0 Å². The summed E-state index contributed by atoms with van der Waals surface area (Å²) in [6.45, 7) is 7.59. The lowest BCUT2D eigenvalue weighted by molar-refractivity contribution is -0.145. The summed E-state index contributed by atoms with van der Waals surface area (Å²) >= 11 is 0. The van der Waals surface area contributed by atoms with Gasteiger partial charge < -0.3 is 20.1 Å². The number of ether oxygens (including phenoxy) is 1. The number of aliphatic carboxylic acids is 1. The Bertz CT molecular complexity index is 271. The number of piperidine rings is 1. The van der Waals surface area contributed by atoms with Crippen LogP contribution in [0, 0.1) is 5.92 Å². The number of carbonyl (C=O) groups is 1. The molecule has 5 nitrogen and oxygen atoms in total. The molecule has 2 unspecified atom stereocenters. The number of carboxylic acids is 1. The molecular formula is C13H26N2O3. The number of nitrogens with one attached hydrogen (secondary N) is 1. The molecule has 0 radical (unpaired) electrons. The van der Waals surface area contributed by atoms with Crippen LogP contribution in [0.2, 0.25) is 0 Å². The lowest BCUT2D eigenvalue weighted by atomic mass is 9.95. The molecule has 0 saturated carbocycles. The molecule has 0 aromatic carbocycles. The molecule has 0 aromatic rings. The summed E-state index contributed by atoms with van der Waals surface area (Å²) in [5.74, 6) is -0.248. The molecule has 0 amide bonds. The highest BCUT2D eigenvalue weighted by Gasteiger charge is 2.35. The third-order valence-corrected chi connectivity index (χ3v) is 3.58. The molecule has 0 aliphatic carbocycles. The van der Waals surface area contributed by atoms with Crippen molar-refractivity contribution < 1.29 is 14.6 Å². The molecule has 2 atom stereocenters. The number of likely N-dealkylation sites (tertiary alicyclic amines) is 1. The van der Waals surface area contributed by atoms with Gasteiger partial charge >= 0.3 is 5.97 Å². The third kappa shape index (κ3) is 4.23. The number of carboxylic acid groups (broad SMARTS) is 1. The van der Waals surface area contributed by atoms with E-state index in [2.05, 4.69) is 10.2 Å². The fraction of sp³-hybridized carbons (Fsp3) is 0.923. The molecule has 1 saturated heterocycles. The van der Waals surface area contributed by atoms with Crippen molar-refractivity contribution in [1.82, 2.24) is 10.2 Å². The highest BCUT2D eigenvalue weighted by atomic mass is 16.5. The normalized spacial score (nSPS) is 24.7. The van der Waals surface area contributed by atoms with E-state index in [0.29, 0.717) is 19.0 Å². The van der Waals surface area contributed by atoms with Crippen LogP contribution in [0.25, 0.3) is 0 Å². The summed E-state index contributed by atoms with van der Waals surface area (Å²) in [7, 11) is 1.72. The van der Waals surface area contributed by atoms with E-state index in [0.717, 1.165) is 26.1 Å². The highest BCUT2D eigenvalue weighted by molar-refractivity contribution is 5.78. The molecule has 1 aliphatic rings. The zero-order valence-corrected chi connectivity index (χ0v) is 11.7. The Morgan fingerprint density at radius 2 is 2.33 bits per heavy atom. The Morgan fingerprint density at radius 3 is 2.89 bits per heavy atom. The predicted octanol–water partition coefficient (Wildman–Crippen LogP) is 0.798. The van der Waals surface area contributed by atoms with E-state index in [4.69, 9.17) is 4.74 Å². The summed E-state index contributed by atoms with van der Waals surface area (Å²) in [4.78, 5) is 13.6.